The number of carbonyl (C=O) groups is 1. The highest BCUT2D eigenvalue weighted by Crippen LogP contribution is 2.22. The molecule has 1 amide bonds. The van der Waals surface area contributed by atoms with Gasteiger partial charge in [-0.25, -0.2) is 0 Å². The molecule has 0 fully saturated rings. The molecule has 0 aliphatic heterocycles. The van der Waals surface area contributed by atoms with E-state index in [0.29, 0.717) is 12.8 Å². The molecule has 1 aromatic carbocycles. The fraction of sp³-hybridized carbons (Fsp3) is 0.471. The number of aliphatic hydroxyl groups is 1. The number of hydrogen-bond donors (Lipinski definition) is 3. The Balaban J connectivity index is 1.99. The Bertz CT molecular complexity index is 636. The molecule has 1 aromatic heterocycles. The summed E-state index contributed by atoms with van der Waals surface area (Å²) in [5.41, 5.74) is 0.597. The van der Waals surface area contributed by atoms with Crippen LogP contribution in [0.2, 0.25) is 0 Å². The fourth-order valence-electron chi connectivity index (χ4n) is 2.15. The first-order valence-electron chi connectivity index (χ1n) is 7.29. The molecule has 2 rings (SSSR count). The number of rotatable bonds is 5. The smallest absolute Gasteiger partial charge is 0.220 e. The van der Waals surface area contributed by atoms with Gasteiger partial charge in [-0.15, -0.1) is 0 Å². The second-order valence-electron chi connectivity index (χ2n) is 6.59. The highest BCUT2D eigenvalue weighted by molar-refractivity contribution is 5.84. The van der Waals surface area contributed by atoms with Gasteiger partial charge in [0, 0.05) is 23.5 Å². The van der Waals surface area contributed by atoms with Crippen LogP contribution in [0.5, 0.6) is 0 Å². The van der Waals surface area contributed by atoms with Crippen molar-refractivity contribution in [2.75, 3.05) is 0 Å². The number of nitrogens with one attached hydrogen (secondary N) is 2. The molecule has 114 valence electrons. The van der Waals surface area contributed by atoms with Gasteiger partial charge < -0.3 is 15.4 Å². The number of carbonyl (C=O) groups excluding carboxylic acids is 1. The molecule has 21 heavy (non-hydrogen) atoms. The van der Waals surface area contributed by atoms with Gasteiger partial charge in [0.2, 0.25) is 5.91 Å². The minimum atomic E-state index is -0.969. The molecule has 3 N–H and O–H groups in total. The summed E-state index contributed by atoms with van der Waals surface area (Å²) in [6, 6.07) is 8.06. The summed E-state index contributed by atoms with van der Waals surface area (Å²) >= 11 is 0. The van der Waals surface area contributed by atoms with Crippen LogP contribution in [-0.4, -0.2) is 27.1 Å². The number of fused-ring (bicyclic) bond motifs is 1. The summed E-state index contributed by atoms with van der Waals surface area (Å²) in [7, 11) is 0. The highest BCUT2D eigenvalue weighted by atomic mass is 16.3. The molecule has 2 aromatic rings. The van der Waals surface area contributed by atoms with E-state index in [0.717, 1.165) is 16.5 Å². The van der Waals surface area contributed by atoms with Gasteiger partial charge in [0.1, 0.15) is 0 Å². The lowest BCUT2D eigenvalue weighted by molar-refractivity contribution is -0.126. The van der Waals surface area contributed by atoms with Crippen LogP contribution in [-0.2, 0) is 11.2 Å². The Kier molecular flexibility index (Phi) is 4.10. The van der Waals surface area contributed by atoms with Crippen molar-refractivity contribution < 1.29 is 9.90 Å². The monoisotopic (exact) mass is 288 g/mol. The minimum absolute atomic E-state index is 0.0487. The summed E-state index contributed by atoms with van der Waals surface area (Å²) in [6.07, 6.45) is 3.04. The van der Waals surface area contributed by atoms with E-state index in [4.69, 9.17) is 0 Å². The van der Waals surface area contributed by atoms with Gasteiger partial charge in [-0.05, 0) is 45.7 Å². The maximum Gasteiger partial charge on any atom is 0.220 e. The van der Waals surface area contributed by atoms with Crippen LogP contribution in [0.25, 0.3) is 10.9 Å². The number of benzene rings is 1. The van der Waals surface area contributed by atoms with E-state index in [-0.39, 0.29) is 5.91 Å². The van der Waals surface area contributed by atoms with Gasteiger partial charge in [-0.1, -0.05) is 18.2 Å². The molecule has 0 aliphatic rings. The van der Waals surface area contributed by atoms with Gasteiger partial charge in [0.15, 0.2) is 0 Å². The number of aryl methyl sites for hydroxylation is 1. The molecule has 4 nitrogen and oxygen atoms in total. The SMILES string of the molecule is CC(C)(O)C(C)(C)NC(=O)CCc1c[nH]c2ccccc12. The second-order valence-corrected chi connectivity index (χ2v) is 6.59. The number of para-hydroxylation sites is 1. The van der Waals surface area contributed by atoms with Crippen molar-refractivity contribution in [3.63, 3.8) is 0 Å². The van der Waals surface area contributed by atoms with Crippen molar-refractivity contribution in [2.24, 2.45) is 0 Å². The topological polar surface area (TPSA) is 65.1 Å². The van der Waals surface area contributed by atoms with E-state index in [1.165, 1.54) is 0 Å². The largest absolute Gasteiger partial charge is 0.388 e. The lowest BCUT2D eigenvalue weighted by Gasteiger charge is -2.38. The van der Waals surface area contributed by atoms with Crippen molar-refractivity contribution in [3.05, 3.63) is 36.0 Å². The third kappa shape index (κ3) is 3.45. The van der Waals surface area contributed by atoms with Crippen LogP contribution in [0.4, 0.5) is 0 Å². The molecule has 4 heteroatoms. The van der Waals surface area contributed by atoms with Gasteiger partial charge in [-0.3, -0.25) is 4.79 Å². The third-order valence-corrected chi connectivity index (χ3v) is 4.28. The Morgan fingerprint density at radius 3 is 2.57 bits per heavy atom. The maximum absolute atomic E-state index is 12.1. The van der Waals surface area contributed by atoms with Gasteiger partial charge in [-0.2, -0.15) is 0 Å². The lowest BCUT2D eigenvalue weighted by Crippen LogP contribution is -2.57. The second kappa shape index (κ2) is 5.53. The number of hydrogen-bond acceptors (Lipinski definition) is 2. The van der Waals surface area contributed by atoms with E-state index >= 15 is 0 Å². The number of aromatic nitrogens is 1. The first-order valence-corrected chi connectivity index (χ1v) is 7.29. The molecule has 0 atom stereocenters. The Morgan fingerprint density at radius 1 is 1.24 bits per heavy atom. The molecule has 0 aliphatic carbocycles. The van der Waals surface area contributed by atoms with Crippen molar-refractivity contribution >= 4 is 16.8 Å². The summed E-state index contributed by atoms with van der Waals surface area (Å²) < 4.78 is 0. The molecule has 0 radical (unpaired) electrons. The van der Waals surface area contributed by atoms with Gasteiger partial charge in [0.25, 0.3) is 0 Å². The van der Waals surface area contributed by atoms with E-state index < -0.39 is 11.1 Å². The third-order valence-electron chi connectivity index (χ3n) is 4.28. The van der Waals surface area contributed by atoms with Crippen LogP contribution < -0.4 is 5.32 Å². The number of H-pyrrole nitrogens is 1. The summed E-state index contributed by atoms with van der Waals surface area (Å²) in [5.74, 6) is -0.0487. The Hall–Kier alpha value is -1.81. The molecule has 0 unspecified atom stereocenters. The lowest BCUT2D eigenvalue weighted by atomic mass is 9.86. The average molecular weight is 288 g/mol. The molecule has 0 saturated heterocycles. The van der Waals surface area contributed by atoms with E-state index in [1.807, 2.05) is 38.2 Å². The normalized spacial score (nSPS) is 12.6. The first-order chi connectivity index (χ1) is 9.71. The highest BCUT2D eigenvalue weighted by Gasteiger charge is 2.36. The fourth-order valence-corrected chi connectivity index (χ4v) is 2.15. The Labute approximate surface area is 125 Å². The van der Waals surface area contributed by atoms with E-state index in [9.17, 15) is 9.90 Å². The Morgan fingerprint density at radius 2 is 1.90 bits per heavy atom. The summed E-state index contributed by atoms with van der Waals surface area (Å²) in [6.45, 7) is 7.06. The summed E-state index contributed by atoms with van der Waals surface area (Å²) in [4.78, 5) is 15.3. The number of aromatic amines is 1. The van der Waals surface area contributed by atoms with Crippen LogP contribution in [0, 0.1) is 0 Å². The van der Waals surface area contributed by atoms with Crippen LogP contribution >= 0.6 is 0 Å². The predicted octanol–water partition coefficient (Wildman–Crippen LogP) is 2.77. The zero-order chi connectivity index (χ0) is 15.7. The molecule has 0 bridgehead atoms. The number of amides is 1. The molecule has 0 spiro atoms. The van der Waals surface area contributed by atoms with Crippen LogP contribution in [0.3, 0.4) is 0 Å². The molecular formula is C17H24N2O2. The zero-order valence-electron chi connectivity index (χ0n) is 13.2. The minimum Gasteiger partial charge on any atom is -0.388 e. The zero-order valence-corrected chi connectivity index (χ0v) is 13.2. The molecule has 1 heterocycles. The van der Waals surface area contributed by atoms with Crippen molar-refractivity contribution in [1.29, 1.82) is 0 Å². The van der Waals surface area contributed by atoms with E-state index in [1.54, 1.807) is 13.8 Å². The quantitative estimate of drug-likeness (QED) is 0.792. The van der Waals surface area contributed by atoms with Crippen molar-refractivity contribution in [3.8, 4) is 0 Å². The molecule has 0 saturated carbocycles. The van der Waals surface area contributed by atoms with Gasteiger partial charge >= 0.3 is 0 Å². The maximum atomic E-state index is 12.1. The predicted molar refractivity (Wildman–Crippen MR) is 85.1 cm³/mol. The van der Waals surface area contributed by atoms with Crippen LogP contribution in [0.1, 0.15) is 39.7 Å². The average Bonchev–Trinajstić information content (AvgIpc) is 2.77. The summed E-state index contributed by atoms with van der Waals surface area (Å²) in [5, 5.41) is 14.1. The van der Waals surface area contributed by atoms with Crippen molar-refractivity contribution in [2.45, 2.75) is 51.7 Å². The van der Waals surface area contributed by atoms with Crippen LogP contribution in [0.15, 0.2) is 30.5 Å². The van der Waals surface area contributed by atoms with E-state index in [2.05, 4.69) is 16.4 Å². The molecular weight excluding hydrogens is 264 g/mol. The first kappa shape index (κ1) is 15.6. The standard InChI is InChI=1S/C17H24N2O2/c1-16(2,17(3,4)21)19-15(20)10-9-12-11-18-14-8-6-5-7-13(12)14/h5-8,11,18,21H,9-10H2,1-4H3,(H,19,20). The van der Waals surface area contributed by atoms with Crippen molar-refractivity contribution in [1.82, 2.24) is 10.3 Å². The van der Waals surface area contributed by atoms with Gasteiger partial charge in [0.05, 0.1) is 11.1 Å².